The lowest BCUT2D eigenvalue weighted by Crippen LogP contribution is -2.26. The van der Waals surface area contributed by atoms with Gasteiger partial charge in [-0.3, -0.25) is 4.79 Å². The van der Waals surface area contributed by atoms with E-state index in [-0.39, 0.29) is 11.5 Å². The molecule has 0 amide bonds. The van der Waals surface area contributed by atoms with Crippen molar-refractivity contribution < 1.29 is 13.2 Å². The number of carbonyl (C=O) groups excluding carboxylic acids is 1. The average Bonchev–Trinajstić information content (AvgIpc) is 2.54. The zero-order valence-corrected chi connectivity index (χ0v) is 11.2. The third kappa shape index (κ3) is 2.84. The maximum absolute atomic E-state index is 11.5. The fourth-order valence-corrected chi connectivity index (χ4v) is 3.97. The van der Waals surface area contributed by atoms with Crippen LogP contribution in [0.5, 0.6) is 0 Å². The van der Waals surface area contributed by atoms with E-state index < -0.39 is 9.84 Å². The van der Waals surface area contributed by atoms with Gasteiger partial charge in [-0.1, -0.05) is 11.3 Å². The highest BCUT2D eigenvalue weighted by Gasteiger charge is 2.21. The molecule has 0 spiro atoms. The number of hydrogen-bond acceptors (Lipinski definition) is 6. The summed E-state index contributed by atoms with van der Waals surface area (Å²) < 4.78 is 23.0. The molecule has 0 radical (unpaired) electrons. The fraction of sp³-hybridized carbons (Fsp3) is 0.600. The molecule has 1 aliphatic rings. The van der Waals surface area contributed by atoms with Crippen LogP contribution in [0.4, 0.5) is 5.13 Å². The highest BCUT2D eigenvalue weighted by atomic mass is 32.2. The molecule has 0 saturated carbocycles. The molecule has 1 aliphatic heterocycles. The van der Waals surface area contributed by atoms with Crippen LogP contribution in [0.1, 0.15) is 21.8 Å². The van der Waals surface area contributed by atoms with Crippen LogP contribution in [0.15, 0.2) is 0 Å². The van der Waals surface area contributed by atoms with Gasteiger partial charge in [0, 0.05) is 13.1 Å². The number of nitrogens with zero attached hydrogens (tertiary/aromatic N) is 2. The lowest BCUT2D eigenvalue weighted by atomic mass is 10.4. The molecule has 0 unspecified atom stereocenters. The number of hydrogen-bond donors (Lipinski definition) is 0. The van der Waals surface area contributed by atoms with E-state index in [1.54, 1.807) is 6.92 Å². The van der Waals surface area contributed by atoms with E-state index >= 15 is 0 Å². The SMILES string of the molecule is Cc1nc(N2CCCS(=O)(=O)CC2)sc1C=O. The Morgan fingerprint density at radius 1 is 1.35 bits per heavy atom. The smallest absolute Gasteiger partial charge is 0.186 e. The second-order valence-corrected chi connectivity index (χ2v) is 7.37. The maximum Gasteiger partial charge on any atom is 0.186 e. The molecule has 1 aromatic rings. The van der Waals surface area contributed by atoms with Crippen LogP contribution >= 0.6 is 11.3 Å². The highest BCUT2D eigenvalue weighted by molar-refractivity contribution is 7.91. The van der Waals surface area contributed by atoms with Crippen LogP contribution in [0.2, 0.25) is 0 Å². The van der Waals surface area contributed by atoms with Crippen molar-refractivity contribution in [1.29, 1.82) is 0 Å². The Morgan fingerprint density at radius 2 is 2.12 bits per heavy atom. The Kier molecular flexibility index (Phi) is 3.48. The van der Waals surface area contributed by atoms with E-state index in [9.17, 15) is 13.2 Å². The summed E-state index contributed by atoms with van der Waals surface area (Å²) in [6.45, 7) is 2.94. The van der Waals surface area contributed by atoms with Gasteiger partial charge in [0.1, 0.15) is 0 Å². The van der Waals surface area contributed by atoms with E-state index in [0.29, 0.717) is 30.1 Å². The third-order valence-electron chi connectivity index (χ3n) is 2.75. The quantitative estimate of drug-likeness (QED) is 0.749. The van der Waals surface area contributed by atoms with Crippen LogP contribution < -0.4 is 4.90 Å². The second-order valence-electron chi connectivity index (χ2n) is 4.06. The van der Waals surface area contributed by atoms with E-state index in [4.69, 9.17) is 0 Å². The fourth-order valence-electron chi connectivity index (χ4n) is 1.77. The number of sulfone groups is 1. The van der Waals surface area contributed by atoms with Crippen molar-refractivity contribution in [3.63, 3.8) is 0 Å². The Hall–Kier alpha value is -0.950. The molecule has 1 saturated heterocycles. The molecule has 0 aromatic carbocycles. The number of aldehydes is 1. The zero-order valence-electron chi connectivity index (χ0n) is 9.55. The van der Waals surface area contributed by atoms with Gasteiger partial charge < -0.3 is 4.90 Å². The summed E-state index contributed by atoms with van der Waals surface area (Å²) in [7, 11) is -2.90. The molecular weight excluding hydrogens is 260 g/mol. The molecule has 94 valence electrons. The van der Waals surface area contributed by atoms with Crippen LogP contribution in [0, 0.1) is 6.92 Å². The average molecular weight is 274 g/mol. The number of rotatable bonds is 2. The first-order valence-corrected chi connectivity index (χ1v) is 8.03. The molecule has 7 heteroatoms. The van der Waals surface area contributed by atoms with Crippen LogP contribution in [-0.4, -0.2) is 44.3 Å². The lowest BCUT2D eigenvalue weighted by molar-refractivity contribution is 0.112. The van der Waals surface area contributed by atoms with Gasteiger partial charge in [-0.2, -0.15) is 0 Å². The molecule has 1 aromatic heterocycles. The van der Waals surface area contributed by atoms with Crippen molar-refractivity contribution in [2.24, 2.45) is 0 Å². The van der Waals surface area contributed by atoms with Gasteiger partial charge in [-0.15, -0.1) is 0 Å². The van der Waals surface area contributed by atoms with E-state index in [2.05, 4.69) is 4.98 Å². The molecule has 1 fully saturated rings. The number of aryl methyl sites for hydroxylation is 1. The van der Waals surface area contributed by atoms with Crippen molar-refractivity contribution >= 4 is 32.6 Å². The Bertz CT molecular complexity index is 522. The monoisotopic (exact) mass is 274 g/mol. The number of thiazole rings is 1. The third-order valence-corrected chi connectivity index (χ3v) is 5.61. The summed E-state index contributed by atoms with van der Waals surface area (Å²) in [5.74, 6) is 0.413. The Balaban J connectivity index is 2.19. The summed E-state index contributed by atoms with van der Waals surface area (Å²) in [5.41, 5.74) is 0.715. The first kappa shape index (κ1) is 12.5. The van der Waals surface area contributed by atoms with Gasteiger partial charge in [0.15, 0.2) is 21.3 Å². The molecule has 0 atom stereocenters. The summed E-state index contributed by atoms with van der Waals surface area (Å²) in [5, 5.41) is 0.752. The topological polar surface area (TPSA) is 67.3 Å². The van der Waals surface area contributed by atoms with Gasteiger partial charge >= 0.3 is 0 Å². The summed E-state index contributed by atoms with van der Waals surface area (Å²) in [6.07, 6.45) is 1.42. The predicted molar refractivity (Wildman–Crippen MR) is 67.7 cm³/mol. The number of aromatic nitrogens is 1. The van der Waals surface area contributed by atoms with Gasteiger partial charge in [-0.25, -0.2) is 13.4 Å². The van der Waals surface area contributed by atoms with Crippen molar-refractivity contribution in [1.82, 2.24) is 4.98 Å². The zero-order chi connectivity index (χ0) is 12.5. The van der Waals surface area contributed by atoms with E-state index in [0.717, 1.165) is 11.4 Å². The first-order chi connectivity index (χ1) is 8.02. The van der Waals surface area contributed by atoms with Gasteiger partial charge in [0.2, 0.25) is 0 Å². The van der Waals surface area contributed by atoms with Gasteiger partial charge in [-0.05, 0) is 13.3 Å². The number of anilines is 1. The van der Waals surface area contributed by atoms with Crippen LogP contribution in [0.25, 0.3) is 0 Å². The Labute approximate surface area is 104 Å². The van der Waals surface area contributed by atoms with Crippen LogP contribution in [0.3, 0.4) is 0 Å². The molecule has 2 heterocycles. The van der Waals surface area contributed by atoms with Crippen molar-refractivity contribution in [3.05, 3.63) is 10.6 Å². The molecule has 0 aliphatic carbocycles. The standard InChI is InChI=1S/C10H14N2O3S2/c1-8-9(7-13)16-10(11-8)12-3-2-5-17(14,15)6-4-12/h7H,2-6H2,1H3. The molecular formula is C10H14N2O3S2. The minimum atomic E-state index is -2.90. The van der Waals surface area contributed by atoms with Crippen molar-refractivity contribution in [2.45, 2.75) is 13.3 Å². The largest absolute Gasteiger partial charge is 0.347 e. The molecule has 0 bridgehead atoms. The second kappa shape index (κ2) is 4.73. The predicted octanol–water partition coefficient (Wildman–Crippen LogP) is 0.889. The minimum Gasteiger partial charge on any atom is -0.347 e. The van der Waals surface area contributed by atoms with Crippen molar-refractivity contribution in [2.75, 3.05) is 29.5 Å². The molecule has 17 heavy (non-hydrogen) atoms. The summed E-state index contributed by atoms with van der Waals surface area (Å²) in [4.78, 5) is 17.6. The van der Waals surface area contributed by atoms with Crippen molar-refractivity contribution in [3.8, 4) is 0 Å². The van der Waals surface area contributed by atoms with Crippen LogP contribution in [-0.2, 0) is 9.84 Å². The minimum absolute atomic E-state index is 0.169. The number of carbonyl (C=O) groups is 1. The molecule has 0 N–H and O–H groups in total. The summed E-state index contributed by atoms with van der Waals surface area (Å²) >= 11 is 1.33. The molecule has 2 rings (SSSR count). The van der Waals surface area contributed by atoms with E-state index in [1.165, 1.54) is 11.3 Å². The van der Waals surface area contributed by atoms with Gasteiger partial charge in [0.05, 0.1) is 22.1 Å². The normalized spacial score (nSPS) is 19.9. The summed E-state index contributed by atoms with van der Waals surface area (Å²) in [6, 6.07) is 0. The van der Waals surface area contributed by atoms with Gasteiger partial charge in [0.25, 0.3) is 0 Å². The highest BCUT2D eigenvalue weighted by Crippen LogP contribution is 2.25. The first-order valence-electron chi connectivity index (χ1n) is 5.40. The van der Waals surface area contributed by atoms with E-state index in [1.807, 2.05) is 4.90 Å². The molecule has 5 nitrogen and oxygen atoms in total. The Morgan fingerprint density at radius 3 is 2.76 bits per heavy atom. The maximum atomic E-state index is 11.5. The lowest BCUT2D eigenvalue weighted by Gasteiger charge is -2.17.